The van der Waals surface area contributed by atoms with Crippen LogP contribution in [0.2, 0.25) is 0 Å². The van der Waals surface area contributed by atoms with Gasteiger partial charge in [0.1, 0.15) is 23.0 Å². The molecule has 5 rings (SSSR count). The lowest BCUT2D eigenvalue weighted by Gasteiger charge is -2.07. The van der Waals surface area contributed by atoms with E-state index in [0.717, 1.165) is 26.6 Å². The summed E-state index contributed by atoms with van der Waals surface area (Å²) in [6.45, 7) is 0.344. The van der Waals surface area contributed by atoms with E-state index in [2.05, 4.69) is 15.3 Å². The Morgan fingerprint density at radius 3 is 2.87 bits per heavy atom. The van der Waals surface area contributed by atoms with Crippen molar-refractivity contribution < 1.29 is 9.53 Å². The topological polar surface area (TPSA) is 68.5 Å². The van der Waals surface area contributed by atoms with Crippen LogP contribution in [0.15, 0.2) is 85.2 Å². The van der Waals surface area contributed by atoms with Crippen LogP contribution in [0, 0.1) is 0 Å². The Bertz CT molecular complexity index is 1340. The fourth-order valence-electron chi connectivity index (χ4n) is 3.17. The van der Waals surface area contributed by atoms with Gasteiger partial charge in [-0.3, -0.25) is 4.79 Å². The van der Waals surface area contributed by atoms with Gasteiger partial charge in [-0.05, 0) is 42.5 Å². The predicted octanol–water partition coefficient (Wildman–Crippen LogP) is 5.17. The molecular formula is C24H18N4O2S. The second-order valence-electron chi connectivity index (χ2n) is 6.86. The van der Waals surface area contributed by atoms with Crippen LogP contribution in [0.3, 0.4) is 0 Å². The molecule has 2 aromatic carbocycles. The maximum atomic E-state index is 12.3. The monoisotopic (exact) mass is 426 g/mol. The molecule has 0 spiro atoms. The molecule has 7 heteroatoms. The van der Waals surface area contributed by atoms with Gasteiger partial charge in [-0.15, -0.1) is 11.3 Å². The first kappa shape index (κ1) is 19.0. The van der Waals surface area contributed by atoms with E-state index in [1.165, 1.54) is 6.08 Å². The zero-order chi connectivity index (χ0) is 21.0. The van der Waals surface area contributed by atoms with Crippen molar-refractivity contribution in [1.82, 2.24) is 14.4 Å². The number of imidazole rings is 1. The lowest BCUT2D eigenvalue weighted by molar-refractivity contribution is -0.111. The smallest absolute Gasteiger partial charge is 0.248 e. The second-order valence-corrected chi connectivity index (χ2v) is 7.92. The van der Waals surface area contributed by atoms with Crippen LogP contribution in [0.25, 0.3) is 21.9 Å². The first-order valence-electron chi connectivity index (χ1n) is 9.73. The largest absolute Gasteiger partial charge is 0.487 e. The van der Waals surface area contributed by atoms with E-state index in [-0.39, 0.29) is 5.91 Å². The lowest BCUT2D eigenvalue weighted by atomic mass is 10.3. The van der Waals surface area contributed by atoms with Crippen LogP contribution in [0.5, 0.6) is 5.75 Å². The van der Waals surface area contributed by atoms with Gasteiger partial charge in [-0.1, -0.05) is 24.3 Å². The van der Waals surface area contributed by atoms with E-state index in [9.17, 15) is 4.79 Å². The van der Waals surface area contributed by atoms with Crippen molar-refractivity contribution in [1.29, 1.82) is 0 Å². The van der Waals surface area contributed by atoms with Crippen LogP contribution in [-0.2, 0) is 11.4 Å². The number of hydrogen-bond acceptors (Lipinski definition) is 5. The van der Waals surface area contributed by atoms with E-state index in [0.29, 0.717) is 18.0 Å². The number of nitrogens with zero attached hydrogens (tertiary/aromatic N) is 3. The minimum atomic E-state index is -0.225. The number of anilines is 1. The minimum Gasteiger partial charge on any atom is -0.487 e. The lowest BCUT2D eigenvalue weighted by Crippen LogP contribution is -2.07. The van der Waals surface area contributed by atoms with Crippen LogP contribution in [0.4, 0.5) is 5.69 Å². The highest BCUT2D eigenvalue weighted by Gasteiger charge is 2.05. The predicted molar refractivity (Wildman–Crippen MR) is 123 cm³/mol. The summed E-state index contributed by atoms with van der Waals surface area (Å²) in [5, 5.41) is 3.65. The molecule has 5 aromatic rings. The van der Waals surface area contributed by atoms with Crippen molar-refractivity contribution in [3.8, 4) is 5.75 Å². The highest BCUT2D eigenvalue weighted by atomic mass is 32.1. The number of carbonyl (C=O) groups is 1. The van der Waals surface area contributed by atoms with Crippen molar-refractivity contribution in [3.63, 3.8) is 0 Å². The Morgan fingerprint density at radius 1 is 1.06 bits per heavy atom. The minimum absolute atomic E-state index is 0.225. The molecule has 3 heterocycles. The molecule has 0 bridgehead atoms. The summed E-state index contributed by atoms with van der Waals surface area (Å²) in [6.07, 6.45) is 7.10. The zero-order valence-electron chi connectivity index (χ0n) is 16.4. The number of benzene rings is 2. The first-order valence-corrected chi connectivity index (χ1v) is 10.5. The first-order chi connectivity index (χ1) is 15.2. The number of pyridine rings is 1. The quantitative estimate of drug-likeness (QED) is 0.380. The molecule has 1 amide bonds. The van der Waals surface area contributed by atoms with Gasteiger partial charge < -0.3 is 14.5 Å². The van der Waals surface area contributed by atoms with Crippen LogP contribution < -0.4 is 10.1 Å². The normalized spacial score (nSPS) is 11.4. The van der Waals surface area contributed by atoms with Gasteiger partial charge in [0, 0.05) is 30.2 Å². The molecule has 0 unspecified atom stereocenters. The highest BCUT2D eigenvalue weighted by Crippen LogP contribution is 2.23. The van der Waals surface area contributed by atoms with Crippen molar-refractivity contribution in [2.45, 2.75) is 6.61 Å². The van der Waals surface area contributed by atoms with E-state index < -0.39 is 0 Å². The summed E-state index contributed by atoms with van der Waals surface area (Å²) in [4.78, 5) is 21.3. The van der Waals surface area contributed by atoms with E-state index in [1.807, 2.05) is 77.5 Å². The number of nitrogens with one attached hydrogen (secondary N) is 1. The molecule has 0 fully saturated rings. The maximum Gasteiger partial charge on any atom is 0.248 e. The molecule has 0 aliphatic carbocycles. The van der Waals surface area contributed by atoms with Gasteiger partial charge in [-0.25, -0.2) is 9.97 Å². The van der Waals surface area contributed by atoms with Crippen LogP contribution in [-0.4, -0.2) is 20.3 Å². The molecule has 0 atom stereocenters. The fourth-order valence-corrected chi connectivity index (χ4v) is 4.04. The number of rotatable bonds is 6. The molecule has 0 aliphatic heterocycles. The summed E-state index contributed by atoms with van der Waals surface area (Å²) in [7, 11) is 0. The number of fused-ring (bicyclic) bond motifs is 2. The second kappa shape index (κ2) is 8.41. The molecule has 31 heavy (non-hydrogen) atoms. The average molecular weight is 427 g/mol. The SMILES string of the molecule is O=C(/C=C/c1nc2ccccc2s1)Nc1cccc(OCc2cn3ccccc3n2)c1. The van der Waals surface area contributed by atoms with Gasteiger partial charge in [0.05, 0.1) is 15.9 Å². The molecule has 1 N–H and O–H groups in total. The summed E-state index contributed by atoms with van der Waals surface area (Å²) in [5.74, 6) is 0.432. The van der Waals surface area contributed by atoms with E-state index >= 15 is 0 Å². The van der Waals surface area contributed by atoms with Crippen LogP contribution in [0.1, 0.15) is 10.7 Å². The number of ether oxygens (including phenoxy) is 1. The van der Waals surface area contributed by atoms with Gasteiger partial charge in [0.15, 0.2) is 0 Å². The summed E-state index contributed by atoms with van der Waals surface area (Å²) >= 11 is 1.55. The van der Waals surface area contributed by atoms with Crippen LogP contribution >= 0.6 is 11.3 Å². The van der Waals surface area contributed by atoms with Crippen molar-refractivity contribution >= 4 is 44.9 Å². The number of para-hydroxylation sites is 1. The number of thiazole rings is 1. The fraction of sp³-hybridized carbons (Fsp3) is 0.0417. The van der Waals surface area contributed by atoms with Gasteiger partial charge in [-0.2, -0.15) is 0 Å². The van der Waals surface area contributed by atoms with Gasteiger partial charge in [0.25, 0.3) is 0 Å². The van der Waals surface area contributed by atoms with Crippen molar-refractivity contribution in [2.24, 2.45) is 0 Å². The molecule has 152 valence electrons. The molecule has 0 saturated carbocycles. The third-order valence-electron chi connectivity index (χ3n) is 4.59. The number of carbonyl (C=O) groups excluding carboxylic acids is 1. The molecule has 6 nitrogen and oxygen atoms in total. The standard InChI is InChI=1S/C24H18N4O2S/c29-23(11-12-24-27-20-8-1-2-9-21(20)31-24)26-17-6-5-7-19(14-17)30-16-18-15-28-13-4-3-10-22(28)25-18/h1-15H,16H2,(H,26,29)/b12-11+. The summed E-state index contributed by atoms with van der Waals surface area (Å²) in [5.41, 5.74) is 3.30. The molecule has 3 aromatic heterocycles. The van der Waals surface area contributed by atoms with E-state index in [1.54, 1.807) is 23.5 Å². The van der Waals surface area contributed by atoms with E-state index in [4.69, 9.17) is 4.74 Å². The Balaban J connectivity index is 1.21. The highest BCUT2D eigenvalue weighted by molar-refractivity contribution is 7.19. The molecule has 0 saturated heterocycles. The Morgan fingerprint density at radius 2 is 1.97 bits per heavy atom. The van der Waals surface area contributed by atoms with Crippen molar-refractivity contribution in [2.75, 3.05) is 5.32 Å². The van der Waals surface area contributed by atoms with Crippen molar-refractivity contribution in [3.05, 3.63) is 95.9 Å². The third kappa shape index (κ3) is 4.46. The molecule has 0 radical (unpaired) electrons. The number of hydrogen-bond donors (Lipinski definition) is 1. The third-order valence-corrected chi connectivity index (χ3v) is 5.59. The number of amides is 1. The zero-order valence-corrected chi connectivity index (χ0v) is 17.3. The summed E-state index contributed by atoms with van der Waals surface area (Å²) in [6, 6.07) is 21.1. The average Bonchev–Trinajstić information content (AvgIpc) is 3.40. The Hall–Kier alpha value is -3.97. The Kier molecular flexibility index (Phi) is 5.16. The summed E-state index contributed by atoms with van der Waals surface area (Å²) < 4.78 is 8.90. The van der Waals surface area contributed by atoms with Gasteiger partial charge >= 0.3 is 0 Å². The Labute approximate surface area is 182 Å². The van der Waals surface area contributed by atoms with Gasteiger partial charge in [0.2, 0.25) is 5.91 Å². The maximum absolute atomic E-state index is 12.3. The number of aromatic nitrogens is 3. The molecular weight excluding hydrogens is 408 g/mol. The molecule has 0 aliphatic rings.